The fraction of sp³-hybridized carbons (Fsp3) is 0.273. The molecule has 17 heavy (non-hydrogen) atoms. The van der Waals surface area contributed by atoms with E-state index in [1.807, 2.05) is 0 Å². The SMILES string of the molecule is Fc1cc(C=CCCBr)ccc1OC(F)(F)F. The molecule has 0 aliphatic rings. The van der Waals surface area contributed by atoms with Crippen LogP contribution in [0.3, 0.4) is 0 Å². The monoisotopic (exact) mass is 312 g/mol. The van der Waals surface area contributed by atoms with Gasteiger partial charge in [-0.15, -0.1) is 13.2 Å². The molecule has 0 N–H and O–H groups in total. The second-order valence-electron chi connectivity index (χ2n) is 3.12. The van der Waals surface area contributed by atoms with Gasteiger partial charge >= 0.3 is 6.36 Å². The average molecular weight is 313 g/mol. The van der Waals surface area contributed by atoms with Crippen LogP contribution in [0.4, 0.5) is 17.6 Å². The normalized spacial score (nSPS) is 12.1. The third-order valence-electron chi connectivity index (χ3n) is 1.77. The molecule has 0 spiro atoms. The topological polar surface area (TPSA) is 9.23 Å². The van der Waals surface area contributed by atoms with Crippen molar-refractivity contribution in [2.45, 2.75) is 12.8 Å². The zero-order chi connectivity index (χ0) is 12.9. The van der Waals surface area contributed by atoms with Gasteiger partial charge in [-0.1, -0.05) is 34.1 Å². The number of alkyl halides is 4. The van der Waals surface area contributed by atoms with Gasteiger partial charge in [0.1, 0.15) is 0 Å². The van der Waals surface area contributed by atoms with Crippen molar-refractivity contribution in [2.75, 3.05) is 5.33 Å². The minimum atomic E-state index is -4.88. The zero-order valence-electron chi connectivity index (χ0n) is 8.60. The van der Waals surface area contributed by atoms with Gasteiger partial charge < -0.3 is 4.74 Å². The standard InChI is InChI=1S/C11H9BrF4O/c12-6-2-1-3-8-4-5-10(9(13)7-8)17-11(14,15)16/h1,3-5,7H,2,6H2. The molecular formula is C11H9BrF4O. The predicted molar refractivity (Wildman–Crippen MR) is 60.5 cm³/mol. The van der Waals surface area contributed by atoms with Crippen LogP contribution >= 0.6 is 15.9 Å². The van der Waals surface area contributed by atoms with Crippen LogP contribution in [0, 0.1) is 5.82 Å². The summed E-state index contributed by atoms with van der Waals surface area (Å²) < 4.78 is 52.3. The van der Waals surface area contributed by atoms with E-state index in [1.54, 1.807) is 12.2 Å². The molecule has 1 aromatic carbocycles. The van der Waals surface area contributed by atoms with Crippen molar-refractivity contribution < 1.29 is 22.3 Å². The Morgan fingerprint density at radius 3 is 2.53 bits per heavy atom. The molecule has 0 saturated carbocycles. The minimum Gasteiger partial charge on any atom is -0.403 e. The smallest absolute Gasteiger partial charge is 0.403 e. The van der Waals surface area contributed by atoms with Gasteiger partial charge in [0.25, 0.3) is 0 Å². The van der Waals surface area contributed by atoms with Gasteiger partial charge in [0, 0.05) is 5.33 Å². The van der Waals surface area contributed by atoms with E-state index in [9.17, 15) is 17.6 Å². The predicted octanol–water partition coefficient (Wildman–Crippen LogP) is 4.52. The molecule has 1 rings (SSSR count). The van der Waals surface area contributed by atoms with Crippen LogP contribution in [0.1, 0.15) is 12.0 Å². The Bertz CT molecular complexity index is 401. The van der Waals surface area contributed by atoms with Crippen LogP contribution in [0.2, 0.25) is 0 Å². The largest absolute Gasteiger partial charge is 0.573 e. The van der Waals surface area contributed by atoms with Crippen LogP contribution in [0.25, 0.3) is 6.08 Å². The summed E-state index contributed by atoms with van der Waals surface area (Å²) in [5.74, 6) is -1.86. The maximum atomic E-state index is 13.2. The van der Waals surface area contributed by atoms with Crippen molar-refractivity contribution in [3.63, 3.8) is 0 Å². The average Bonchev–Trinajstić information content (AvgIpc) is 2.21. The molecule has 0 atom stereocenters. The molecule has 0 aliphatic carbocycles. The Hall–Kier alpha value is -1.04. The van der Waals surface area contributed by atoms with Gasteiger partial charge in [0.05, 0.1) is 0 Å². The minimum absolute atomic E-state index is 0.484. The molecule has 94 valence electrons. The second kappa shape index (κ2) is 6.05. The van der Waals surface area contributed by atoms with Gasteiger partial charge in [0.2, 0.25) is 0 Å². The van der Waals surface area contributed by atoms with Crippen molar-refractivity contribution in [3.05, 3.63) is 35.7 Å². The number of rotatable bonds is 4. The van der Waals surface area contributed by atoms with Crippen molar-refractivity contribution in [2.24, 2.45) is 0 Å². The highest BCUT2D eigenvalue weighted by molar-refractivity contribution is 9.09. The van der Waals surface area contributed by atoms with Gasteiger partial charge in [-0.3, -0.25) is 0 Å². The van der Waals surface area contributed by atoms with Crippen molar-refractivity contribution in [1.82, 2.24) is 0 Å². The van der Waals surface area contributed by atoms with Gasteiger partial charge in [-0.05, 0) is 24.1 Å². The maximum absolute atomic E-state index is 13.2. The first-order chi connectivity index (χ1) is 7.92. The van der Waals surface area contributed by atoms with Gasteiger partial charge in [0.15, 0.2) is 11.6 Å². The molecule has 0 radical (unpaired) electrons. The molecule has 0 unspecified atom stereocenters. The molecule has 0 aliphatic heterocycles. The molecule has 0 heterocycles. The highest BCUT2D eigenvalue weighted by atomic mass is 79.9. The first kappa shape index (κ1) is 14.0. The summed E-state index contributed by atoms with van der Waals surface area (Å²) in [5, 5.41) is 0.765. The first-order valence-electron chi connectivity index (χ1n) is 4.70. The summed E-state index contributed by atoms with van der Waals surface area (Å²) in [6, 6.07) is 3.30. The molecule has 1 aromatic rings. The molecule has 0 bridgehead atoms. The first-order valence-corrected chi connectivity index (χ1v) is 5.82. The van der Waals surface area contributed by atoms with E-state index in [-0.39, 0.29) is 0 Å². The van der Waals surface area contributed by atoms with Gasteiger partial charge in [-0.25, -0.2) is 4.39 Å². The summed E-state index contributed by atoms with van der Waals surface area (Å²) in [6.45, 7) is 0. The molecule has 0 amide bonds. The fourth-order valence-corrected chi connectivity index (χ4v) is 1.37. The number of hydrogen-bond donors (Lipinski definition) is 0. The molecule has 0 aromatic heterocycles. The summed E-state index contributed by atoms with van der Waals surface area (Å²) in [4.78, 5) is 0. The third kappa shape index (κ3) is 5.21. The third-order valence-corrected chi connectivity index (χ3v) is 2.23. The number of benzene rings is 1. The number of hydrogen-bond acceptors (Lipinski definition) is 1. The Morgan fingerprint density at radius 1 is 1.29 bits per heavy atom. The highest BCUT2D eigenvalue weighted by Crippen LogP contribution is 2.26. The Labute approximate surface area is 104 Å². The van der Waals surface area contributed by atoms with E-state index in [4.69, 9.17) is 0 Å². The Morgan fingerprint density at radius 2 is 2.00 bits per heavy atom. The lowest BCUT2D eigenvalue weighted by molar-refractivity contribution is -0.275. The molecule has 1 nitrogen and oxygen atoms in total. The summed E-state index contributed by atoms with van der Waals surface area (Å²) in [7, 11) is 0. The highest BCUT2D eigenvalue weighted by Gasteiger charge is 2.32. The zero-order valence-corrected chi connectivity index (χ0v) is 10.2. The van der Waals surface area contributed by atoms with E-state index >= 15 is 0 Å². The van der Waals surface area contributed by atoms with Crippen LogP contribution in [-0.2, 0) is 0 Å². The maximum Gasteiger partial charge on any atom is 0.573 e. The summed E-state index contributed by atoms with van der Waals surface area (Å²) in [6.07, 6.45) is -0.716. The van der Waals surface area contributed by atoms with Crippen LogP contribution < -0.4 is 4.74 Å². The van der Waals surface area contributed by atoms with Crippen molar-refractivity contribution in [3.8, 4) is 5.75 Å². The lowest BCUT2D eigenvalue weighted by atomic mass is 10.2. The molecular weight excluding hydrogens is 304 g/mol. The van der Waals surface area contributed by atoms with E-state index in [1.165, 1.54) is 6.07 Å². The van der Waals surface area contributed by atoms with E-state index < -0.39 is 17.9 Å². The Kier molecular flexibility index (Phi) is 4.99. The van der Waals surface area contributed by atoms with Crippen molar-refractivity contribution >= 4 is 22.0 Å². The summed E-state index contributed by atoms with van der Waals surface area (Å²) >= 11 is 3.21. The van der Waals surface area contributed by atoms with E-state index in [0.717, 1.165) is 23.9 Å². The number of allylic oxidation sites excluding steroid dienone is 1. The van der Waals surface area contributed by atoms with Crippen molar-refractivity contribution in [1.29, 1.82) is 0 Å². The fourth-order valence-electron chi connectivity index (χ4n) is 1.11. The van der Waals surface area contributed by atoms with Crippen LogP contribution in [0.15, 0.2) is 24.3 Å². The van der Waals surface area contributed by atoms with E-state index in [2.05, 4.69) is 20.7 Å². The van der Waals surface area contributed by atoms with Crippen LogP contribution in [-0.4, -0.2) is 11.7 Å². The quantitative estimate of drug-likeness (QED) is 0.586. The Balaban J connectivity index is 2.79. The summed E-state index contributed by atoms with van der Waals surface area (Å²) in [5.41, 5.74) is 0.484. The lowest BCUT2D eigenvalue weighted by Gasteiger charge is -2.09. The molecule has 0 saturated heterocycles. The molecule has 6 heteroatoms. The van der Waals surface area contributed by atoms with Crippen LogP contribution in [0.5, 0.6) is 5.75 Å². The number of ether oxygens (including phenoxy) is 1. The van der Waals surface area contributed by atoms with Gasteiger partial charge in [-0.2, -0.15) is 0 Å². The molecule has 0 fully saturated rings. The van der Waals surface area contributed by atoms with E-state index in [0.29, 0.717) is 5.56 Å². The second-order valence-corrected chi connectivity index (χ2v) is 3.91. The number of halogens is 5. The lowest BCUT2D eigenvalue weighted by Crippen LogP contribution is -2.17.